The van der Waals surface area contributed by atoms with E-state index in [9.17, 15) is 0 Å². The van der Waals surface area contributed by atoms with Crippen molar-refractivity contribution in [3.8, 4) is 0 Å². The lowest BCUT2D eigenvalue weighted by Gasteiger charge is -2.29. The highest BCUT2D eigenvalue weighted by Gasteiger charge is 2.29. The third kappa shape index (κ3) is 2.46. The zero-order chi connectivity index (χ0) is 11.1. The Hall–Kier alpha value is -0.680. The Labute approximate surface area is 94.5 Å². The first-order valence-corrected chi connectivity index (χ1v) is 6.14. The normalized spacial score (nSPS) is 18.9. The Morgan fingerprint density at radius 2 is 2.20 bits per heavy atom. The molecule has 0 aliphatic heterocycles. The third-order valence-corrected chi connectivity index (χ3v) is 3.60. The van der Waals surface area contributed by atoms with Crippen molar-refractivity contribution in [2.75, 3.05) is 5.32 Å². The zero-order valence-corrected chi connectivity index (χ0v) is 10.3. The molecule has 1 aliphatic rings. The lowest BCUT2D eigenvalue weighted by molar-refractivity contribution is 0.470. The van der Waals surface area contributed by atoms with Gasteiger partial charge in [-0.25, -0.2) is 4.98 Å². The minimum absolute atomic E-state index is 0.0748. The van der Waals surface area contributed by atoms with Crippen LogP contribution in [0.15, 0.2) is 0 Å². The van der Waals surface area contributed by atoms with Gasteiger partial charge in [-0.1, -0.05) is 0 Å². The Morgan fingerprint density at radius 3 is 2.73 bits per heavy atom. The second-order valence-electron chi connectivity index (χ2n) is 4.87. The molecular weight excluding hydrogens is 208 g/mol. The van der Waals surface area contributed by atoms with Gasteiger partial charge in [0.25, 0.3) is 0 Å². The highest BCUT2D eigenvalue weighted by molar-refractivity contribution is 7.09. The van der Waals surface area contributed by atoms with Gasteiger partial charge in [-0.15, -0.1) is 0 Å². The standard InChI is InChI=1S/C10H18N4S/c1-6(11)10(2,3)13-9-12-8(14-15-9)7-4-5-7/h6-7H,4-5,11H2,1-3H3,(H,12,13,14). The monoisotopic (exact) mass is 226 g/mol. The molecule has 5 heteroatoms. The Morgan fingerprint density at radius 1 is 1.53 bits per heavy atom. The topological polar surface area (TPSA) is 63.8 Å². The van der Waals surface area contributed by atoms with Crippen molar-refractivity contribution in [3.63, 3.8) is 0 Å². The number of nitrogens with two attached hydrogens (primary N) is 1. The summed E-state index contributed by atoms with van der Waals surface area (Å²) < 4.78 is 4.35. The van der Waals surface area contributed by atoms with Gasteiger partial charge in [-0.05, 0) is 33.6 Å². The molecule has 0 spiro atoms. The fourth-order valence-electron chi connectivity index (χ4n) is 1.18. The van der Waals surface area contributed by atoms with Gasteiger partial charge in [0, 0.05) is 29.0 Å². The van der Waals surface area contributed by atoms with E-state index in [0.717, 1.165) is 11.0 Å². The van der Waals surface area contributed by atoms with E-state index in [2.05, 4.69) is 28.5 Å². The number of rotatable bonds is 4. The third-order valence-electron chi connectivity index (χ3n) is 2.95. The average molecular weight is 226 g/mol. The van der Waals surface area contributed by atoms with Crippen molar-refractivity contribution < 1.29 is 0 Å². The maximum Gasteiger partial charge on any atom is 0.203 e. The SMILES string of the molecule is CC(N)C(C)(C)Nc1nc(C2CC2)ns1. The van der Waals surface area contributed by atoms with Crippen LogP contribution in [-0.4, -0.2) is 20.9 Å². The first kappa shape index (κ1) is 10.8. The molecule has 2 rings (SSSR count). The summed E-state index contributed by atoms with van der Waals surface area (Å²) in [6.45, 7) is 6.15. The summed E-state index contributed by atoms with van der Waals surface area (Å²) in [5.41, 5.74) is 5.75. The van der Waals surface area contributed by atoms with Gasteiger partial charge in [0.2, 0.25) is 5.13 Å². The molecule has 1 heterocycles. The van der Waals surface area contributed by atoms with Gasteiger partial charge < -0.3 is 11.1 Å². The molecule has 84 valence electrons. The average Bonchev–Trinajstić information content (AvgIpc) is 2.88. The van der Waals surface area contributed by atoms with Gasteiger partial charge in [-0.3, -0.25) is 0 Å². The lowest BCUT2D eigenvalue weighted by atomic mass is 9.97. The summed E-state index contributed by atoms with van der Waals surface area (Å²) >= 11 is 1.43. The first-order valence-electron chi connectivity index (χ1n) is 5.36. The summed E-state index contributed by atoms with van der Waals surface area (Å²) in [4.78, 5) is 4.48. The fourth-order valence-corrected chi connectivity index (χ4v) is 2.00. The summed E-state index contributed by atoms with van der Waals surface area (Å²) in [6.07, 6.45) is 2.49. The van der Waals surface area contributed by atoms with Gasteiger partial charge in [0.15, 0.2) is 0 Å². The summed E-state index contributed by atoms with van der Waals surface area (Å²) in [5, 5.41) is 4.23. The summed E-state index contributed by atoms with van der Waals surface area (Å²) in [7, 11) is 0. The molecule has 1 fully saturated rings. The maximum absolute atomic E-state index is 5.89. The number of aromatic nitrogens is 2. The first-order chi connectivity index (χ1) is 6.99. The van der Waals surface area contributed by atoms with Gasteiger partial charge in [0.05, 0.1) is 0 Å². The van der Waals surface area contributed by atoms with E-state index in [-0.39, 0.29) is 11.6 Å². The number of anilines is 1. The number of hydrogen-bond acceptors (Lipinski definition) is 5. The van der Waals surface area contributed by atoms with Crippen LogP contribution in [0.5, 0.6) is 0 Å². The smallest absolute Gasteiger partial charge is 0.203 e. The van der Waals surface area contributed by atoms with E-state index in [1.807, 2.05) is 6.92 Å². The molecule has 0 aromatic carbocycles. The largest absolute Gasteiger partial charge is 0.354 e. The van der Waals surface area contributed by atoms with Crippen LogP contribution >= 0.6 is 11.5 Å². The van der Waals surface area contributed by atoms with Gasteiger partial charge >= 0.3 is 0 Å². The van der Waals surface area contributed by atoms with Crippen LogP contribution in [0.3, 0.4) is 0 Å². The maximum atomic E-state index is 5.89. The Bertz CT molecular complexity index is 341. The van der Waals surface area contributed by atoms with E-state index in [4.69, 9.17) is 5.73 Å². The molecule has 1 aliphatic carbocycles. The number of hydrogen-bond donors (Lipinski definition) is 2. The van der Waals surface area contributed by atoms with E-state index in [1.165, 1.54) is 24.4 Å². The highest BCUT2D eigenvalue weighted by atomic mass is 32.1. The number of nitrogens with zero attached hydrogens (tertiary/aromatic N) is 2. The lowest BCUT2D eigenvalue weighted by Crippen LogP contribution is -2.47. The fraction of sp³-hybridized carbons (Fsp3) is 0.800. The van der Waals surface area contributed by atoms with Crippen LogP contribution in [-0.2, 0) is 0 Å². The van der Waals surface area contributed by atoms with Crippen LogP contribution in [0.2, 0.25) is 0 Å². The highest BCUT2D eigenvalue weighted by Crippen LogP contribution is 2.39. The van der Waals surface area contributed by atoms with E-state index in [0.29, 0.717) is 5.92 Å². The second kappa shape index (κ2) is 3.72. The van der Waals surface area contributed by atoms with E-state index in [1.54, 1.807) is 0 Å². The van der Waals surface area contributed by atoms with Crippen molar-refractivity contribution in [2.24, 2.45) is 5.73 Å². The molecule has 0 radical (unpaired) electrons. The molecule has 1 saturated carbocycles. The van der Waals surface area contributed by atoms with E-state index < -0.39 is 0 Å². The minimum Gasteiger partial charge on any atom is -0.354 e. The molecule has 0 bridgehead atoms. The molecule has 1 aromatic heterocycles. The Kier molecular flexibility index (Phi) is 2.68. The van der Waals surface area contributed by atoms with Crippen molar-refractivity contribution in [2.45, 2.75) is 51.1 Å². The molecule has 1 atom stereocenters. The summed E-state index contributed by atoms with van der Waals surface area (Å²) in [5.74, 6) is 1.62. The van der Waals surface area contributed by atoms with Gasteiger partial charge in [-0.2, -0.15) is 4.37 Å². The van der Waals surface area contributed by atoms with Crippen molar-refractivity contribution in [3.05, 3.63) is 5.82 Å². The predicted molar refractivity (Wildman–Crippen MR) is 63.2 cm³/mol. The Balaban J connectivity index is 2.03. The molecule has 1 aromatic rings. The molecule has 0 saturated heterocycles. The van der Waals surface area contributed by atoms with Crippen LogP contribution < -0.4 is 11.1 Å². The van der Waals surface area contributed by atoms with Crippen LogP contribution in [0, 0.1) is 0 Å². The predicted octanol–water partition coefficient (Wildman–Crippen LogP) is 1.95. The van der Waals surface area contributed by atoms with Crippen molar-refractivity contribution in [1.29, 1.82) is 0 Å². The minimum atomic E-state index is -0.139. The van der Waals surface area contributed by atoms with E-state index >= 15 is 0 Å². The quantitative estimate of drug-likeness (QED) is 0.823. The molecule has 0 amide bonds. The molecule has 1 unspecified atom stereocenters. The zero-order valence-electron chi connectivity index (χ0n) is 9.45. The molecule has 15 heavy (non-hydrogen) atoms. The van der Waals surface area contributed by atoms with Crippen LogP contribution in [0.4, 0.5) is 5.13 Å². The van der Waals surface area contributed by atoms with Gasteiger partial charge in [0.1, 0.15) is 5.82 Å². The molecule has 3 N–H and O–H groups in total. The van der Waals surface area contributed by atoms with Crippen molar-refractivity contribution >= 4 is 16.7 Å². The number of nitrogens with one attached hydrogen (secondary N) is 1. The summed E-state index contributed by atoms with van der Waals surface area (Å²) in [6, 6.07) is 0.0748. The molecule has 4 nitrogen and oxygen atoms in total. The van der Waals surface area contributed by atoms with Crippen LogP contribution in [0.1, 0.15) is 45.4 Å². The van der Waals surface area contributed by atoms with Crippen LogP contribution in [0.25, 0.3) is 0 Å². The molecular formula is C10H18N4S. The second-order valence-corrected chi connectivity index (χ2v) is 5.62. The van der Waals surface area contributed by atoms with Crippen molar-refractivity contribution in [1.82, 2.24) is 9.36 Å².